The topological polar surface area (TPSA) is 65.2 Å². The molecule has 88 valence electrons. The smallest absolute Gasteiger partial charge is 0.231 e. The molecular formula is C12H12N2O2S. The summed E-state index contributed by atoms with van der Waals surface area (Å²) in [6.07, 6.45) is 0. The number of hydrogen-bond donors (Lipinski definition) is 1. The van der Waals surface area contributed by atoms with E-state index in [1.165, 1.54) is 11.3 Å². The number of hydrogen-bond acceptors (Lipinski definition) is 4. The van der Waals surface area contributed by atoms with Gasteiger partial charge in [-0.05, 0) is 17.7 Å². The number of carbonyl (C=O) groups is 1. The number of nitrogens with zero attached hydrogens (tertiary/aromatic N) is 1. The normalized spacial score (nSPS) is 12.1. The average molecular weight is 248 g/mol. The largest absolute Gasteiger partial charge is 0.497 e. The Hall–Kier alpha value is -1.88. The van der Waals surface area contributed by atoms with Crippen LogP contribution in [0, 0.1) is 0 Å². The molecule has 1 aromatic heterocycles. The first-order valence-corrected chi connectivity index (χ1v) is 5.98. The lowest BCUT2D eigenvalue weighted by Crippen LogP contribution is -2.22. The Morgan fingerprint density at radius 1 is 1.41 bits per heavy atom. The van der Waals surface area contributed by atoms with Crippen LogP contribution >= 0.6 is 11.3 Å². The van der Waals surface area contributed by atoms with Gasteiger partial charge in [-0.1, -0.05) is 12.1 Å². The van der Waals surface area contributed by atoms with E-state index in [0.29, 0.717) is 5.69 Å². The van der Waals surface area contributed by atoms with E-state index in [1.807, 2.05) is 17.5 Å². The van der Waals surface area contributed by atoms with Gasteiger partial charge >= 0.3 is 0 Å². The maximum atomic E-state index is 11.5. The number of nitrogens with two attached hydrogens (primary N) is 1. The highest BCUT2D eigenvalue weighted by atomic mass is 32.1. The number of rotatable bonds is 4. The summed E-state index contributed by atoms with van der Waals surface area (Å²) >= 11 is 1.44. The lowest BCUT2D eigenvalue weighted by molar-refractivity contribution is -0.118. The molecule has 1 atom stereocenters. The van der Waals surface area contributed by atoms with Crippen LogP contribution in [0.5, 0.6) is 5.75 Å². The van der Waals surface area contributed by atoms with Crippen molar-refractivity contribution < 1.29 is 9.53 Å². The number of amides is 1. The van der Waals surface area contributed by atoms with Crippen LogP contribution in [0.25, 0.3) is 0 Å². The molecule has 0 saturated heterocycles. The number of methoxy groups -OCH3 is 1. The Kier molecular flexibility index (Phi) is 3.39. The molecule has 1 heterocycles. The van der Waals surface area contributed by atoms with Gasteiger partial charge < -0.3 is 10.5 Å². The summed E-state index contributed by atoms with van der Waals surface area (Å²) in [7, 11) is 1.60. The van der Waals surface area contributed by atoms with Gasteiger partial charge in [0.05, 0.1) is 18.3 Å². The fourth-order valence-corrected chi connectivity index (χ4v) is 2.22. The quantitative estimate of drug-likeness (QED) is 0.896. The number of thiazole rings is 1. The van der Waals surface area contributed by atoms with Crippen LogP contribution in [0.3, 0.4) is 0 Å². The van der Waals surface area contributed by atoms with Gasteiger partial charge in [-0.25, -0.2) is 4.98 Å². The van der Waals surface area contributed by atoms with Crippen LogP contribution in [-0.2, 0) is 4.79 Å². The van der Waals surface area contributed by atoms with Gasteiger partial charge in [0.2, 0.25) is 5.91 Å². The zero-order chi connectivity index (χ0) is 12.3. The van der Waals surface area contributed by atoms with E-state index in [4.69, 9.17) is 10.5 Å². The highest BCUT2D eigenvalue weighted by Crippen LogP contribution is 2.25. The zero-order valence-electron chi connectivity index (χ0n) is 9.29. The Morgan fingerprint density at radius 2 is 2.12 bits per heavy atom. The fourth-order valence-electron chi connectivity index (χ4n) is 1.64. The molecule has 0 radical (unpaired) electrons. The predicted octanol–water partition coefficient (Wildman–Crippen LogP) is 1.77. The SMILES string of the molecule is COc1ccc(C(C(N)=O)c2cscn2)cc1. The fraction of sp³-hybridized carbons (Fsp3) is 0.167. The zero-order valence-corrected chi connectivity index (χ0v) is 10.1. The number of benzene rings is 1. The van der Waals surface area contributed by atoms with Gasteiger partial charge in [0.1, 0.15) is 11.7 Å². The van der Waals surface area contributed by atoms with Crippen LogP contribution in [0.4, 0.5) is 0 Å². The van der Waals surface area contributed by atoms with E-state index in [-0.39, 0.29) is 0 Å². The van der Waals surface area contributed by atoms with Crippen LogP contribution in [0.2, 0.25) is 0 Å². The van der Waals surface area contributed by atoms with Crippen molar-refractivity contribution >= 4 is 17.2 Å². The van der Waals surface area contributed by atoms with Gasteiger partial charge in [-0.2, -0.15) is 0 Å². The molecule has 0 fully saturated rings. The maximum Gasteiger partial charge on any atom is 0.231 e. The Bertz CT molecular complexity index is 494. The first-order valence-electron chi connectivity index (χ1n) is 5.03. The number of ether oxygens (including phenoxy) is 1. The minimum atomic E-state index is -0.493. The van der Waals surface area contributed by atoms with Gasteiger partial charge in [0.25, 0.3) is 0 Å². The molecule has 1 unspecified atom stereocenters. The molecule has 0 bridgehead atoms. The van der Waals surface area contributed by atoms with Crippen molar-refractivity contribution in [1.82, 2.24) is 4.98 Å². The Morgan fingerprint density at radius 3 is 2.59 bits per heavy atom. The van der Waals surface area contributed by atoms with Crippen molar-refractivity contribution in [3.8, 4) is 5.75 Å². The highest BCUT2D eigenvalue weighted by Gasteiger charge is 2.21. The second kappa shape index (κ2) is 4.97. The summed E-state index contributed by atoms with van der Waals surface area (Å²) in [5, 5.41) is 1.83. The van der Waals surface area contributed by atoms with Crippen molar-refractivity contribution in [3.05, 3.63) is 46.4 Å². The van der Waals surface area contributed by atoms with E-state index in [9.17, 15) is 4.79 Å². The molecule has 5 heteroatoms. The first-order chi connectivity index (χ1) is 8.22. The van der Waals surface area contributed by atoms with Crippen LogP contribution in [0.15, 0.2) is 35.2 Å². The van der Waals surface area contributed by atoms with Gasteiger partial charge in [0.15, 0.2) is 0 Å². The molecule has 2 rings (SSSR count). The molecule has 0 aliphatic heterocycles. The molecule has 2 aromatic rings. The summed E-state index contributed by atoms with van der Waals surface area (Å²) in [4.78, 5) is 15.7. The Labute approximate surface area is 103 Å². The lowest BCUT2D eigenvalue weighted by atomic mass is 9.96. The third kappa shape index (κ3) is 2.45. The third-order valence-electron chi connectivity index (χ3n) is 2.48. The summed E-state index contributed by atoms with van der Waals surface area (Å²) < 4.78 is 5.07. The van der Waals surface area contributed by atoms with Crippen LogP contribution in [-0.4, -0.2) is 18.0 Å². The van der Waals surface area contributed by atoms with Crippen molar-refractivity contribution in [2.24, 2.45) is 5.73 Å². The number of aromatic nitrogens is 1. The van der Waals surface area contributed by atoms with Gasteiger partial charge in [-0.15, -0.1) is 11.3 Å². The molecule has 1 aromatic carbocycles. The monoisotopic (exact) mass is 248 g/mol. The minimum Gasteiger partial charge on any atom is -0.497 e. The molecule has 0 saturated carbocycles. The summed E-state index contributed by atoms with van der Waals surface area (Å²) in [5.74, 6) is -0.150. The van der Waals surface area contributed by atoms with Gasteiger partial charge in [0, 0.05) is 5.38 Å². The molecule has 2 N–H and O–H groups in total. The highest BCUT2D eigenvalue weighted by molar-refractivity contribution is 7.07. The standard InChI is InChI=1S/C12H12N2O2S/c1-16-9-4-2-8(3-5-9)11(12(13)15)10-6-17-7-14-10/h2-7,11H,1H3,(H2,13,15). The molecule has 0 spiro atoms. The average Bonchev–Trinajstić information content (AvgIpc) is 2.83. The predicted molar refractivity (Wildman–Crippen MR) is 66.1 cm³/mol. The number of carbonyl (C=O) groups excluding carboxylic acids is 1. The van der Waals surface area contributed by atoms with Crippen LogP contribution in [0.1, 0.15) is 17.2 Å². The van der Waals surface area contributed by atoms with Crippen molar-refractivity contribution in [3.63, 3.8) is 0 Å². The molecule has 4 nitrogen and oxygen atoms in total. The van der Waals surface area contributed by atoms with E-state index in [2.05, 4.69) is 4.98 Å². The molecule has 1 amide bonds. The van der Waals surface area contributed by atoms with Crippen LogP contribution < -0.4 is 10.5 Å². The molecule has 0 aliphatic rings. The summed E-state index contributed by atoms with van der Waals surface area (Å²) in [6, 6.07) is 7.26. The number of primary amides is 1. The molecule has 17 heavy (non-hydrogen) atoms. The van der Waals surface area contributed by atoms with Gasteiger partial charge in [-0.3, -0.25) is 4.79 Å². The first kappa shape index (κ1) is 11.6. The lowest BCUT2D eigenvalue weighted by Gasteiger charge is -2.11. The Balaban J connectivity index is 2.36. The van der Waals surface area contributed by atoms with E-state index >= 15 is 0 Å². The van der Waals surface area contributed by atoms with Crippen molar-refractivity contribution in [2.75, 3.05) is 7.11 Å². The second-order valence-electron chi connectivity index (χ2n) is 3.52. The van der Waals surface area contributed by atoms with Crippen molar-refractivity contribution in [1.29, 1.82) is 0 Å². The summed E-state index contributed by atoms with van der Waals surface area (Å²) in [6.45, 7) is 0. The van der Waals surface area contributed by atoms with E-state index < -0.39 is 11.8 Å². The van der Waals surface area contributed by atoms with E-state index in [0.717, 1.165) is 11.3 Å². The molecule has 0 aliphatic carbocycles. The summed E-state index contributed by atoms with van der Waals surface area (Å²) in [5.41, 5.74) is 8.63. The maximum absolute atomic E-state index is 11.5. The second-order valence-corrected chi connectivity index (χ2v) is 4.24. The third-order valence-corrected chi connectivity index (χ3v) is 3.09. The van der Waals surface area contributed by atoms with Crippen molar-refractivity contribution in [2.45, 2.75) is 5.92 Å². The van der Waals surface area contributed by atoms with E-state index in [1.54, 1.807) is 24.8 Å². The molecular weight excluding hydrogens is 236 g/mol. The minimum absolute atomic E-state index is 0.402.